The predicted octanol–water partition coefficient (Wildman–Crippen LogP) is 6.96. The standard InChI is InChI=1S/C28H22Cl2F3N3O5S2/c1-18-5-9-26(10-6-18)43(40,41)36(24-15-20(29)14-21(30)16-24)17-27(37)34-22-7-11-25(12-8-22)42(38,39)35-23-4-2-3-19(13-23)28(31,32)33/h2-16,35H,17H2,1H3,(H,34,37). The van der Waals surface area contributed by atoms with Crippen molar-refractivity contribution < 1.29 is 34.8 Å². The maximum atomic E-state index is 13.6. The lowest BCUT2D eigenvalue weighted by molar-refractivity contribution is -0.137. The molecule has 4 aromatic rings. The summed E-state index contributed by atoms with van der Waals surface area (Å²) in [4.78, 5) is 12.7. The van der Waals surface area contributed by atoms with Gasteiger partial charge < -0.3 is 5.32 Å². The van der Waals surface area contributed by atoms with Crippen LogP contribution in [0, 0.1) is 6.92 Å². The summed E-state index contributed by atoms with van der Waals surface area (Å²) in [6.45, 7) is 1.10. The monoisotopic (exact) mass is 671 g/mol. The van der Waals surface area contributed by atoms with Crippen molar-refractivity contribution in [3.63, 3.8) is 0 Å². The van der Waals surface area contributed by atoms with Crippen LogP contribution in [0.2, 0.25) is 10.0 Å². The summed E-state index contributed by atoms with van der Waals surface area (Å²) in [7, 11) is -8.54. The van der Waals surface area contributed by atoms with Gasteiger partial charge in [0, 0.05) is 21.4 Å². The molecule has 2 N–H and O–H groups in total. The fourth-order valence-corrected chi connectivity index (χ4v) is 6.83. The molecule has 43 heavy (non-hydrogen) atoms. The largest absolute Gasteiger partial charge is 0.416 e. The Balaban J connectivity index is 1.54. The number of nitrogens with one attached hydrogen (secondary N) is 2. The minimum absolute atomic E-state index is 0.0373. The van der Waals surface area contributed by atoms with Gasteiger partial charge in [0.1, 0.15) is 6.54 Å². The van der Waals surface area contributed by atoms with Crippen molar-refractivity contribution in [1.29, 1.82) is 0 Å². The third-order valence-electron chi connectivity index (χ3n) is 5.92. The van der Waals surface area contributed by atoms with Gasteiger partial charge in [0.2, 0.25) is 5.91 Å². The number of sulfonamides is 2. The molecule has 4 rings (SSSR count). The number of anilines is 3. The van der Waals surface area contributed by atoms with Crippen molar-refractivity contribution in [2.24, 2.45) is 0 Å². The first-order valence-corrected chi connectivity index (χ1v) is 15.9. The molecule has 0 aliphatic rings. The van der Waals surface area contributed by atoms with E-state index in [0.717, 1.165) is 34.1 Å². The molecule has 0 atom stereocenters. The molecule has 15 heteroatoms. The van der Waals surface area contributed by atoms with Crippen LogP contribution in [0.1, 0.15) is 11.1 Å². The topological polar surface area (TPSA) is 113 Å². The van der Waals surface area contributed by atoms with Crippen molar-refractivity contribution in [1.82, 2.24) is 0 Å². The summed E-state index contributed by atoms with van der Waals surface area (Å²) in [5.74, 6) is -0.774. The van der Waals surface area contributed by atoms with Crippen LogP contribution >= 0.6 is 23.2 Å². The van der Waals surface area contributed by atoms with E-state index in [0.29, 0.717) is 6.07 Å². The zero-order chi connectivity index (χ0) is 31.6. The molecular formula is C28H22Cl2F3N3O5S2. The number of carbonyl (C=O) groups is 1. The van der Waals surface area contributed by atoms with E-state index < -0.39 is 44.2 Å². The second-order valence-electron chi connectivity index (χ2n) is 9.21. The first kappa shape index (κ1) is 32.1. The maximum Gasteiger partial charge on any atom is 0.416 e. The molecule has 8 nitrogen and oxygen atoms in total. The molecule has 0 unspecified atom stereocenters. The average Bonchev–Trinajstić information content (AvgIpc) is 2.91. The summed E-state index contributed by atoms with van der Waals surface area (Å²) >= 11 is 12.2. The van der Waals surface area contributed by atoms with E-state index >= 15 is 0 Å². The molecular weight excluding hydrogens is 650 g/mol. The Morgan fingerprint density at radius 2 is 1.37 bits per heavy atom. The van der Waals surface area contributed by atoms with E-state index in [1.165, 1.54) is 48.5 Å². The second-order valence-corrected chi connectivity index (χ2v) is 13.6. The molecule has 0 aliphatic heterocycles. The quantitative estimate of drug-likeness (QED) is 0.200. The molecule has 0 saturated heterocycles. The van der Waals surface area contributed by atoms with Gasteiger partial charge in [-0.15, -0.1) is 0 Å². The lowest BCUT2D eigenvalue weighted by Crippen LogP contribution is -2.38. The maximum absolute atomic E-state index is 13.6. The minimum atomic E-state index is -4.66. The molecule has 0 aliphatic carbocycles. The highest BCUT2D eigenvalue weighted by Gasteiger charge is 2.31. The van der Waals surface area contributed by atoms with Gasteiger partial charge in [0.05, 0.1) is 21.0 Å². The number of hydrogen-bond acceptors (Lipinski definition) is 5. The molecule has 0 spiro atoms. The number of nitrogens with zero attached hydrogens (tertiary/aromatic N) is 1. The van der Waals surface area contributed by atoms with Gasteiger partial charge in [-0.2, -0.15) is 13.2 Å². The lowest BCUT2D eigenvalue weighted by Gasteiger charge is -2.24. The summed E-state index contributed by atoms with van der Waals surface area (Å²) in [5.41, 5.74) is -0.327. The van der Waals surface area contributed by atoms with Crippen molar-refractivity contribution >= 4 is 66.2 Å². The summed E-state index contributed by atoms with van der Waals surface area (Å²) in [6, 6.07) is 18.5. The average molecular weight is 673 g/mol. The van der Waals surface area contributed by atoms with Gasteiger partial charge in [-0.1, -0.05) is 47.0 Å². The number of carbonyl (C=O) groups excluding carboxylic acids is 1. The van der Waals surface area contributed by atoms with Crippen molar-refractivity contribution in [2.75, 3.05) is 20.9 Å². The first-order valence-electron chi connectivity index (χ1n) is 12.2. The van der Waals surface area contributed by atoms with Crippen molar-refractivity contribution in [2.45, 2.75) is 22.9 Å². The molecule has 0 saturated carbocycles. The van der Waals surface area contributed by atoms with Crippen LogP contribution in [-0.2, 0) is 31.0 Å². The number of alkyl halides is 3. The second kappa shape index (κ2) is 12.4. The highest BCUT2D eigenvalue weighted by atomic mass is 35.5. The normalized spacial score (nSPS) is 12.0. The Hall–Kier alpha value is -3.78. The van der Waals surface area contributed by atoms with E-state index in [-0.39, 0.29) is 36.9 Å². The van der Waals surface area contributed by atoms with Gasteiger partial charge in [0.15, 0.2) is 0 Å². The SMILES string of the molecule is Cc1ccc(S(=O)(=O)N(CC(=O)Nc2ccc(S(=O)(=O)Nc3cccc(C(F)(F)F)c3)cc2)c2cc(Cl)cc(Cl)c2)cc1. The van der Waals surface area contributed by atoms with Crippen LogP contribution < -0.4 is 14.3 Å². The van der Waals surface area contributed by atoms with Crippen molar-refractivity contribution in [3.8, 4) is 0 Å². The van der Waals surface area contributed by atoms with Crippen LogP contribution in [0.15, 0.2) is 101 Å². The van der Waals surface area contributed by atoms with Gasteiger partial charge in [-0.25, -0.2) is 16.8 Å². The minimum Gasteiger partial charge on any atom is -0.325 e. The Bertz CT molecular complexity index is 1850. The molecule has 226 valence electrons. The smallest absolute Gasteiger partial charge is 0.325 e. The van der Waals surface area contributed by atoms with Crippen LogP contribution in [0.25, 0.3) is 0 Å². The molecule has 0 bridgehead atoms. The van der Waals surface area contributed by atoms with Gasteiger partial charge in [0.25, 0.3) is 20.0 Å². The van der Waals surface area contributed by atoms with Crippen LogP contribution in [-0.4, -0.2) is 29.3 Å². The van der Waals surface area contributed by atoms with E-state index in [1.54, 1.807) is 19.1 Å². The van der Waals surface area contributed by atoms with Crippen LogP contribution in [0.5, 0.6) is 0 Å². The molecule has 1 amide bonds. The summed E-state index contributed by atoms with van der Waals surface area (Å²) in [6.07, 6.45) is -4.66. The van der Waals surface area contributed by atoms with E-state index in [4.69, 9.17) is 23.2 Å². The highest BCUT2D eigenvalue weighted by Crippen LogP contribution is 2.32. The van der Waals surface area contributed by atoms with E-state index in [9.17, 15) is 34.8 Å². The predicted molar refractivity (Wildman–Crippen MR) is 159 cm³/mol. The first-order chi connectivity index (χ1) is 20.0. The molecule has 0 aromatic heterocycles. The number of aryl methyl sites for hydroxylation is 1. The van der Waals surface area contributed by atoms with E-state index in [2.05, 4.69) is 10.0 Å². The number of rotatable bonds is 9. The van der Waals surface area contributed by atoms with Crippen LogP contribution in [0.3, 0.4) is 0 Å². The molecule has 4 aromatic carbocycles. The number of benzene rings is 4. The lowest BCUT2D eigenvalue weighted by atomic mass is 10.2. The number of amides is 1. The van der Waals surface area contributed by atoms with Crippen molar-refractivity contribution in [3.05, 3.63) is 112 Å². The molecule has 0 heterocycles. The molecule has 0 fully saturated rings. The Labute approximate surface area is 256 Å². The Kier molecular flexibility index (Phi) is 9.30. The van der Waals surface area contributed by atoms with Gasteiger partial charge in [-0.05, 0) is 79.7 Å². The van der Waals surface area contributed by atoms with E-state index in [1.807, 2.05) is 0 Å². The highest BCUT2D eigenvalue weighted by molar-refractivity contribution is 7.93. The fourth-order valence-electron chi connectivity index (χ4n) is 3.86. The third kappa shape index (κ3) is 7.99. The molecule has 0 radical (unpaired) electrons. The van der Waals surface area contributed by atoms with Gasteiger partial charge in [-0.3, -0.25) is 13.8 Å². The number of hydrogen-bond donors (Lipinski definition) is 2. The zero-order valence-corrected chi connectivity index (χ0v) is 25.2. The van der Waals surface area contributed by atoms with Gasteiger partial charge >= 0.3 is 6.18 Å². The third-order valence-corrected chi connectivity index (χ3v) is 9.54. The summed E-state index contributed by atoms with van der Waals surface area (Å²) < 4.78 is 94.5. The fraction of sp³-hybridized carbons (Fsp3) is 0.107. The Morgan fingerprint density at radius 3 is 1.95 bits per heavy atom. The Morgan fingerprint density at radius 1 is 0.791 bits per heavy atom. The summed E-state index contributed by atoms with van der Waals surface area (Å²) in [5, 5.41) is 2.79. The number of halogens is 5. The van der Waals surface area contributed by atoms with Crippen LogP contribution in [0.4, 0.5) is 30.2 Å². The zero-order valence-electron chi connectivity index (χ0n) is 22.1.